The fourth-order valence-electron chi connectivity index (χ4n) is 3.13. The number of piperazine rings is 1. The third-order valence-corrected chi connectivity index (χ3v) is 4.61. The highest BCUT2D eigenvalue weighted by molar-refractivity contribution is 4.83. The van der Waals surface area contributed by atoms with E-state index in [2.05, 4.69) is 36.0 Å². The van der Waals surface area contributed by atoms with Gasteiger partial charge in [0.1, 0.15) is 0 Å². The van der Waals surface area contributed by atoms with Crippen molar-refractivity contribution < 1.29 is 4.74 Å². The lowest BCUT2D eigenvalue weighted by Gasteiger charge is -2.40. The first kappa shape index (κ1) is 15.2. The van der Waals surface area contributed by atoms with Gasteiger partial charge in [0.2, 0.25) is 0 Å². The lowest BCUT2D eigenvalue weighted by Crippen LogP contribution is -2.54. The van der Waals surface area contributed by atoms with Crippen molar-refractivity contribution in [2.45, 2.75) is 38.8 Å². The lowest BCUT2D eigenvalue weighted by atomic mass is 10.00. The highest BCUT2D eigenvalue weighted by atomic mass is 16.5. The maximum atomic E-state index is 5.43. The van der Waals surface area contributed by atoms with Crippen molar-refractivity contribution in [3.63, 3.8) is 0 Å². The Kier molecular flexibility index (Phi) is 6.07. The van der Waals surface area contributed by atoms with Gasteiger partial charge in [-0.25, -0.2) is 0 Å². The highest BCUT2D eigenvalue weighted by Gasteiger charge is 2.25. The molecule has 1 N–H and O–H groups in total. The van der Waals surface area contributed by atoms with E-state index in [1.165, 1.54) is 39.0 Å². The normalized spacial score (nSPS) is 25.9. The van der Waals surface area contributed by atoms with Crippen molar-refractivity contribution in [1.29, 1.82) is 0 Å². The van der Waals surface area contributed by atoms with Crippen LogP contribution in [0.4, 0.5) is 0 Å². The molecule has 0 aromatic rings. The lowest BCUT2D eigenvalue weighted by molar-refractivity contribution is 0.0637. The van der Waals surface area contributed by atoms with Gasteiger partial charge in [-0.05, 0) is 25.8 Å². The van der Waals surface area contributed by atoms with Crippen LogP contribution in [-0.2, 0) is 4.74 Å². The van der Waals surface area contributed by atoms with Crippen LogP contribution in [0.2, 0.25) is 0 Å². The molecule has 0 aliphatic carbocycles. The molecule has 0 amide bonds. The average molecular weight is 269 g/mol. The number of likely N-dealkylation sites (N-methyl/N-ethyl adjacent to an activating group) is 1. The van der Waals surface area contributed by atoms with Crippen LogP contribution >= 0.6 is 0 Å². The molecule has 1 atom stereocenters. The van der Waals surface area contributed by atoms with E-state index in [-0.39, 0.29) is 0 Å². The second-order valence-corrected chi connectivity index (χ2v) is 6.45. The van der Waals surface area contributed by atoms with Crippen molar-refractivity contribution in [2.24, 2.45) is 5.92 Å². The fraction of sp³-hybridized carbons (Fsp3) is 1.00. The fourth-order valence-corrected chi connectivity index (χ4v) is 3.13. The molecule has 19 heavy (non-hydrogen) atoms. The maximum absolute atomic E-state index is 5.43. The standard InChI is InChI=1S/C15H31N3O/c1-13(2)15(18-8-6-17(3)7-9-18)12-16-14-4-10-19-11-5-14/h13-16H,4-12H2,1-3H3. The summed E-state index contributed by atoms with van der Waals surface area (Å²) in [6.45, 7) is 12.6. The summed E-state index contributed by atoms with van der Waals surface area (Å²) in [5, 5.41) is 3.78. The van der Waals surface area contributed by atoms with Crippen molar-refractivity contribution >= 4 is 0 Å². The maximum Gasteiger partial charge on any atom is 0.0480 e. The van der Waals surface area contributed by atoms with Crippen LogP contribution in [-0.4, -0.2) is 74.9 Å². The van der Waals surface area contributed by atoms with Gasteiger partial charge in [-0.15, -0.1) is 0 Å². The molecule has 0 spiro atoms. The molecule has 2 saturated heterocycles. The number of ether oxygens (including phenoxy) is 1. The minimum absolute atomic E-state index is 0.669. The van der Waals surface area contributed by atoms with Gasteiger partial charge in [-0.1, -0.05) is 13.8 Å². The van der Waals surface area contributed by atoms with E-state index in [0.717, 1.165) is 25.7 Å². The Labute approximate surface area is 118 Å². The first-order valence-electron chi connectivity index (χ1n) is 7.90. The highest BCUT2D eigenvalue weighted by Crippen LogP contribution is 2.14. The Morgan fingerprint density at radius 3 is 2.32 bits per heavy atom. The SMILES string of the molecule is CC(C)C(CNC1CCOCC1)N1CCN(C)CC1. The van der Waals surface area contributed by atoms with E-state index in [0.29, 0.717) is 12.1 Å². The summed E-state index contributed by atoms with van der Waals surface area (Å²) in [7, 11) is 2.22. The Balaban J connectivity index is 1.78. The molecule has 2 rings (SSSR count). The van der Waals surface area contributed by atoms with Crippen LogP contribution in [0.1, 0.15) is 26.7 Å². The molecule has 2 fully saturated rings. The number of rotatable bonds is 5. The summed E-state index contributed by atoms with van der Waals surface area (Å²) in [6, 6.07) is 1.35. The van der Waals surface area contributed by atoms with Gasteiger partial charge in [-0.2, -0.15) is 0 Å². The van der Waals surface area contributed by atoms with E-state index in [4.69, 9.17) is 4.74 Å². The van der Waals surface area contributed by atoms with E-state index in [1.54, 1.807) is 0 Å². The molecule has 4 nitrogen and oxygen atoms in total. The molecule has 0 radical (unpaired) electrons. The first-order chi connectivity index (χ1) is 9.16. The molecule has 4 heteroatoms. The third-order valence-electron chi connectivity index (χ3n) is 4.61. The smallest absolute Gasteiger partial charge is 0.0480 e. The molecule has 0 aromatic carbocycles. The molecule has 1 unspecified atom stereocenters. The molecule has 2 heterocycles. The van der Waals surface area contributed by atoms with Crippen LogP contribution in [0.5, 0.6) is 0 Å². The molecule has 112 valence electrons. The molecule has 0 saturated carbocycles. The molecule has 0 bridgehead atoms. The minimum Gasteiger partial charge on any atom is -0.381 e. The Hall–Kier alpha value is -0.160. The number of nitrogens with one attached hydrogen (secondary N) is 1. The van der Waals surface area contributed by atoms with Crippen LogP contribution in [0, 0.1) is 5.92 Å². The Morgan fingerprint density at radius 2 is 1.74 bits per heavy atom. The molecule has 0 aromatic heterocycles. The zero-order valence-corrected chi connectivity index (χ0v) is 12.9. The van der Waals surface area contributed by atoms with Crippen molar-refractivity contribution in [1.82, 2.24) is 15.1 Å². The van der Waals surface area contributed by atoms with Crippen molar-refractivity contribution in [3.05, 3.63) is 0 Å². The van der Waals surface area contributed by atoms with Crippen LogP contribution in [0.25, 0.3) is 0 Å². The van der Waals surface area contributed by atoms with E-state index in [1.807, 2.05) is 0 Å². The van der Waals surface area contributed by atoms with Crippen LogP contribution < -0.4 is 5.32 Å². The zero-order chi connectivity index (χ0) is 13.7. The number of hydrogen-bond acceptors (Lipinski definition) is 4. The zero-order valence-electron chi connectivity index (χ0n) is 12.9. The quantitative estimate of drug-likeness (QED) is 0.807. The Bertz CT molecular complexity index is 246. The van der Waals surface area contributed by atoms with Crippen LogP contribution in [0.15, 0.2) is 0 Å². The number of hydrogen-bond donors (Lipinski definition) is 1. The van der Waals surface area contributed by atoms with Gasteiger partial charge >= 0.3 is 0 Å². The van der Waals surface area contributed by atoms with E-state index in [9.17, 15) is 0 Å². The molecular weight excluding hydrogens is 238 g/mol. The second-order valence-electron chi connectivity index (χ2n) is 6.45. The predicted molar refractivity (Wildman–Crippen MR) is 79.5 cm³/mol. The summed E-state index contributed by atoms with van der Waals surface area (Å²) in [6.07, 6.45) is 2.35. The first-order valence-corrected chi connectivity index (χ1v) is 7.90. The van der Waals surface area contributed by atoms with E-state index < -0.39 is 0 Å². The van der Waals surface area contributed by atoms with Gasteiger partial charge in [0.05, 0.1) is 0 Å². The van der Waals surface area contributed by atoms with Gasteiger partial charge < -0.3 is 15.0 Å². The van der Waals surface area contributed by atoms with Crippen molar-refractivity contribution in [2.75, 3.05) is 53.0 Å². The summed E-state index contributed by atoms with van der Waals surface area (Å²) >= 11 is 0. The summed E-state index contributed by atoms with van der Waals surface area (Å²) in [5.41, 5.74) is 0. The second kappa shape index (κ2) is 7.58. The molecule has 2 aliphatic rings. The largest absolute Gasteiger partial charge is 0.381 e. The topological polar surface area (TPSA) is 27.7 Å². The molecular formula is C15H31N3O. The van der Waals surface area contributed by atoms with Gasteiger partial charge in [0.25, 0.3) is 0 Å². The van der Waals surface area contributed by atoms with E-state index >= 15 is 0 Å². The van der Waals surface area contributed by atoms with Gasteiger partial charge in [-0.3, -0.25) is 4.90 Å². The van der Waals surface area contributed by atoms with Crippen LogP contribution in [0.3, 0.4) is 0 Å². The third kappa shape index (κ3) is 4.71. The monoisotopic (exact) mass is 269 g/mol. The number of nitrogens with zero attached hydrogens (tertiary/aromatic N) is 2. The Morgan fingerprint density at radius 1 is 1.11 bits per heavy atom. The molecule has 2 aliphatic heterocycles. The summed E-state index contributed by atoms with van der Waals surface area (Å²) in [5.74, 6) is 0.718. The van der Waals surface area contributed by atoms with Gasteiger partial charge in [0.15, 0.2) is 0 Å². The van der Waals surface area contributed by atoms with Gasteiger partial charge in [0, 0.05) is 58.0 Å². The summed E-state index contributed by atoms with van der Waals surface area (Å²) in [4.78, 5) is 5.11. The average Bonchev–Trinajstić information content (AvgIpc) is 2.42. The summed E-state index contributed by atoms with van der Waals surface area (Å²) < 4.78 is 5.43. The predicted octanol–water partition coefficient (Wildman–Crippen LogP) is 1.03. The minimum atomic E-state index is 0.669. The van der Waals surface area contributed by atoms with Crippen molar-refractivity contribution in [3.8, 4) is 0 Å².